The van der Waals surface area contributed by atoms with E-state index in [4.69, 9.17) is 4.74 Å². The molecule has 0 saturated heterocycles. The van der Waals surface area contributed by atoms with Crippen LogP contribution in [0.3, 0.4) is 0 Å². The summed E-state index contributed by atoms with van der Waals surface area (Å²) in [5.41, 5.74) is 2.61. The van der Waals surface area contributed by atoms with Gasteiger partial charge in [-0.15, -0.1) is 0 Å². The Bertz CT molecular complexity index is 284. The molecule has 0 aliphatic carbocycles. The molecule has 0 unspecified atom stereocenters. The van der Waals surface area contributed by atoms with Crippen molar-refractivity contribution in [2.45, 2.75) is 26.7 Å². The Labute approximate surface area is 94.6 Å². The van der Waals surface area contributed by atoms with E-state index in [1.54, 1.807) is 0 Å². The maximum atomic E-state index is 5.62. The maximum absolute atomic E-state index is 5.62. The third-order valence-electron chi connectivity index (χ3n) is 2.28. The largest absolute Gasteiger partial charge is 0.494 e. The molecule has 0 radical (unpaired) electrons. The average Bonchev–Trinajstić information content (AvgIpc) is 2.18. The topological polar surface area (TPSA) is 9.23 Å². The van der Waals surface area contributed by atoms with E-state index in [-0.39, 0.29) is 0 Å². The third kappa shape index (κ3) is 3.70. The summed E-state index contributed by atoms with van der Waals surface area (Å²) in [6.45, 7) is 5.04. The Morgan fingerprint density at radius 2 is 1.93 bits per heavy atom. The summed E-state index contributed by atoms with van der Waals surface area (Å²) in [5.74, 6) is 0.989. The fourth-order valence-electron chi connectivity index (χ4n) is 1.19. The number of halogens is 1. The summed E-state index contributed by atoms with van der Waals surface area (Å²) in [7, 11) is 0. The predicted molar refractivity (Wildman–Crippen MR) is 64.4 cm³/mol. The zero-order chi connectivity index (χ0) is 10.4. The second-order valence-electron chi connectivity index (χ2n) is 3.49. The standard InChI is InChI=1S/C12H17BrO/c1-10-5-6-12(9-11(10)2)14-8-4-3-7-13/h5-6,9H,3-4,7-8H2,1-2H3. The van der Waals surface area contributed by atoms with Gasteiger partial charge in [-0.2, -0.15) is 0 Å². The van der Waals surface area contributed by atoms with Gasteiger partial charge in [0, 0.05) is 5.33 Å². The summed E-state index contributed by atoms with van der Waals surface area (Å²) >= 11 is 3.40. The molecule has 2 heteroatoms. The molecule has 1 aromatic carbocycles. The van der Waals surface area contributed by atoms with Gasteiger partial charge in [0.1, 0.15) is 5.75 Å². The van der Waals surface area contributed by atoms with E-state index in [0.29, 0.717) is 0 Å². The lowest BCUT2D eigenvalue weighted by Gasteiger charge is -2.07. The first kappa shape index (κ1) is 11.6. The van der Waals surface area contributed by atoms with E-state index in [9.17, 15) is 0 Å². The van der Waals surface area contributed by atoms with Crippen molar-refractivity contribution in [2.24, 2.45) is 0 Å². The quantitative estimate of drug-likeness (QED) is 0.575. The van der Waals surface area contributed by atoms with Crippen LogP contribution in [0.5, 0.6) is 5.75 Å². The van der Waals surface area contributed by atoms with Crippen molar-refractivity contribution in [1.82, 2.24) is 0 Å². The molecule has 0 saturated carbocycles. The zero-order valence-corrected chi connectivity index (χ0v) is 10.4. The molecule has 0 aliphatic rings. The Hall–Kier alpha value is -0.500. The second-order valence-corrected chi connectivity index (χ2v) is 4.28. The van der Waals surface area contributed by atoms with E-state index in [1.165, 1.54) is 17.5 Å². The minimum Gasteiger partial charge on any atom is -0.494 e. The summed E-state index contributed by atoms with van der Waals surface area (Å²) in [6.07, 6.45) is 2.28. The molecule has 0 fully saturated rings. The lowest BCUT2D eigenvalue weighted by atomic mass is 10.1. The van der Waals surface area contributed by atoms with Crippen LogP contribution in [-0.2, 0) is 0 Å². The highest BCUT2D eigenvalue weighted by atomic mass is 79.9. The zero-order valence-electron chi connectivity index (χ0n) is 8.85. The van der Waals surface area contributed by atoms with Gasteiger partial charge in [-0.05, 0) is 49.9 Å². The van der Waals surface area contributed by atoms with Crippen molar-refractivity contribution in [3.05, 3.63) is 29.3 Å². The van der Waals surface area contributed by atoms with Gasteiger partial charge >= 0.3 is 0 Å². The van der Waals surface area contributed by atoms with Gasteiger partial charge in [0.15, 0.2) is 0 Å². The normalized spacial score (nSPS) is 10.2. The molecule has 0 aromatic heterocycles. The van der Waals surface area contributed by atoms with Gasteiger partial charge in [0.25, 0.3) is 0 Å². The Morgan fingerprint density at radius 1 is 1.14 bits per heavy atom. The molecule has 0 N–H and O–H groups in total. The van der Waals surface area contributed by atoms with Crippen molar-refractivity contribution in [2.75, 3.05) is 11.9 Å². The Morgan fingerprint density at radius 3 is 2.57 bits per heavy atom. The molecule has 0 aliphatic heterocycles. The fraction of sp³-hybridized carbons (Fsp3) is 0.500. The number of alkyl halides is 1. The van der Waals surface area contributed by atoms with Crippen LogP contribution in [0.1, 0.15) is 24.0 Å². The minimum absolute atomic E-state index is 0.814. The molecule has 0 bridgehead atoms. The van der Waals surface area contributed by atoms with Gasteiger partial charge in [-0.25, -0.2) is 0 Å². The minimum atomic E-state index is 0.814. The molecule has 14 heavy (non-hydrogen) atoms. The predicted octanol–water partition coefficient (Wildman–Crippen LogP) is 3.86. The average molecular weight is 257 g/mol. The highest BCUT2D eigenvalue weighted by Gasteiger charge is 1.96. The smallest absolute Gasteiger partial charge is 0.119 e. The fourth-order valence-corrected chi connectivity index (χ4v) is 1.59. The number of unbranched alkanes of at least 4 members (excludes halogenated alkanes) is 1. The van der Waals surface area contributed by atoms with E-state index >= 15 is 0 Å². The third-order valence-corrected chi connectivity index (χ3v) is 2.84. The molecule has 0 atom stereocenters. The van der Waals surface area contributed by atoms with Crippen LogP contribution in [0.2, 0.25) is 0 Å². The van der Waals surface area contributed by atoms with Crippen LogP contribution < -0.4 is 4.74 Å². The van der Waals surface area contributed by atoms with Gasteiger partial charge in [-0.3, -0.25) is 0 Å². The van der Waals surface area contributed by atoms with Crippen molar-refractivity contribution in [3.8, 4) is 5.75 Å². The van der Waals surface area contributed by atoms with E-state index in [1.807, 2.05) is 6.07 Å². The van der Waals surface area contributed by atoms with Crippen LogP contribution in [0.25, 0.3) is 0 Å². The van der Waals surface area contributed by atoms with Crippen molar-refractivity contribution in [3.63, 3.8) is 0 Å². The molecular weight excluding hydrogens is 240 g/mol. The first-order chi connectivity index (χ1) is 6.74. The molecule has 1 rings (SSSR count). The molecule has 1 nitrogen and oxygen atoms in total. The van der Waals surface area contributed by atoms with E-state index in [0.717, 1.165) is 24.1 Å². The lowest BCUT2D eigenvalue weighted by molar-refractivity contribution is 0.310. The number of hydrogen-bond donors (Lipinski definition) is 0. The van der Waals surface area contributed by atoms with Crippen molar-refractivity contribution in [1.29, 1.82) is 0 Å². The molecule has 0 spiro atoms. The van der Waals surface area contributed by atoms with Crippen molar-refractivity contribution < 1.29 is 4.74 Å². The summed E-state index contributed by atoms with van der Waals surface area (Å²) in [4.78, 5) is 0. The number of hydrogen-bond acceptors (Lipinski definition) is 1. The summed E-state index contributed by atoms with van der Waals surface area (Å²) in [6, 6.07) is 6.25. The molecular formula is C12H17BrO. The van der Waals surface area contributed by atoms with E-state index in [2.05, 4.69) is 41.9 Å². The highest BCUT2D eigenvalue weighted by molar-refractivity contribution is 9.09. The first-order valence-corrected chi connectivity index (χ1v) is 6.12. The highest BCUT2D eigenvalue weighted by Crippen LogP contribution is 2.16. The van der Waals surface area contributed by atoms with Crippen LogP contribution in [-0.4, -0.2) is 11.9 Å². The van der Waals surface area contributed by atoms with Crippen LogP contribution in [0.15, 0.2) is 18.2 Å². The number of ether oxygens (including phenoxy) is 1. The number of rotatable bonds is 5. The second kappa shape index (κ2) is 6.07. The van der Waals surface area contributed by atoms with Gasteiger partial charge in [0.05, 0.1) is 6.61 Å². The van der Waals surface area contributed by atoms with Gasteiger partial charge < -0.3 is 4.74 Å². The van der Waals surface area contributed by atoms with Crippen molar-refractivity contribution >= 4 is 15.9 Å². The van der Waals surface area contributed by atoms with Crippen LogP contribution in [0.4, 0.5) is 0 Å². The maximum Gasteiger partial charge on any atom is 0.119 e. The molecule has 1 aromatic rings. The summed E-state index contributed by atoms with van der Waals surface area (Å²) in [5, 5.41) is 1.06. The van der Waals surface area contributed by atoms with Crippen LogP contribution >= 0.6 is 15.9 Å². The van der Waals surface area contributed by atoms with Gasteiger partial charge in [0.2, 0.25) is 0 Å². The SMILES string of the molecule is Cc1ccc(OCCCCBr)cc1C. The lowest BCUT2D eigenvalue weighted by Crippen LogP contribution is -1.98. The van der Waals surface area contributed by atoms with Gasteiger partial charge in [-0.1, -0.05) is 22.0 Å². The number of aryl methyl sites for hydroxylation is 2. The molecule has 0 amide bonds. The molecule has 78 valence electrons. The van der Waals surface area contributed by atoms with E-state index < -0.39 is 0 Å². The Balaban J connectivity index is 2.39. The van der Waals surface area contributed by atoms with Crippen LogP contribution in [0, 0.1) is 13.8 Å². The first-order valence-electron chi connectivity index (χ1n) is 5.00. The number of benzene rings is 1. The monoisotopic (exact) mass is 256 g/mol. The summed E-state index contributed by atoms with van der Waals surface area (Å²) < 4.78 is 5.62. The Kier molecular flexibility index (Phi) is 5.02. The molecule has 0 heterocycles.